The lowest BCUT2D eigenvalue weighted by Gasteiger charge is -2.06. The first-order valence-corrected chi connectivity index (χ1v) is 7.38. The van der Waals surface area contributed by atoms with Crippen LogP contribution in [0.3, 0.4) is 0 Å². The lowest BCUT2D eigenvalue weighted by Crippen LogP contribution is -2.37. The summed E-state index contributed by atoms with van der Waals surface area (Å²) in [5.41, 5.74) is 0. The van der Waals surface area contributed by atoms with Crippen LogP contribution < -0.4 is 10.6 Å². The Balaban J connectivity index is 2.38. The van der Waals surface area contributed by atoms with Crippen molar-refractivity contribution in [1.29, 1.82) is 0 Å². The first-order valence-electron chi connectivity index (χ1n) is 5.64. The van der Waals surface area contributed by atoms with E-state index < -0.39 is 0 Å². The van der Waals surface area contributed by atoms with Crippen LogP contribution in [0.25, 0.3) is 0 Å². The van der Waals surface area contributed by atoms with E-state index in [2.05, 4.69) is 10.6 Å². The first-order chi connectivity index (χ1) is 9.02. The summed E-state index contributed by atoms with van der Waals surface area (Å²) in [6, 6.07) is 5.06. The highest BCUT2D eigenvalue weighted by molar-refractivity contribution is 8.00. The van der Waals surface area contributed by atoms with Crippen LogP contribution in [0, 0.1) is 0 Å². The van der Waals surface area contributed by atoms with Crippen LogP contribution in [0.4, 0.5) is 0 Å². The zero-order valence-corrected chi connectivity index (χ0v) is 12.7. The normalized spacial score (nSPS) is 10.1. The minimum atomic E-state index is -0.229. The third-order valence-corrected chi connectivity index (χ3v) is 3.80. The van der Waals surface area contributed by atoms with Gasteiger partial charge >= 0.3 is 0 Å². The van der Waals surface area contributed by atoms with Gasteiger partial charge in [-0.05, 0) is 25.1 Å². The molecule has 7 heteroatoms. The molecule has 0 unspecified atom stereocenters. The molecule has 0 aliphatic rings. The fourth-order valence-corrected chi connectivity index (χ4v) is 2.54. The van der Waals surface area contributed by atoms with Gasteiger partial charge in [-0.25, -0.2) is 0 Å². The van der Waals surface area contributed by atoms with Gasteiger partial charge in [0.25, 0.3) is 0 Å². The number of hydrogen-bond acceptors (Lipinski definition) is 3. The van der Waals surface area contributed by atoms with Crippen molar-refractivity contribution in [3.63, 3.8) is 0 Å². The van der Waals surface area contributed by atoms with Gasteiger partial charge in [0, 0.05) is 16.5 Å². The summed E-state index contributed by atoms with van der Waals surface area (Å²) < 4.78 is 0. The Kier molecular flexibility index (Phi) is 7.05. The molecule has 2 amide bonds. The number of nitrogens with one attached hydrogen (secondary N) is 2. The second-order valence-corrected chi connectivity index (χ2v) is 5.45. The molecule has 0 saturated carbocycles. The van der Waals surface area contributed by atoms with E-state index in [-0.39, 0.29) is 24.1 Å². The van der Waals surface area contributed by atoms with Crippen LogP contribution in [0.15, 0.2) is 23.1 Å². The van der Waals surface area contributed by atoms with E-state index in [1.165, 1.54) is 11.8 Å². The number of thioether (sulfide) groups is 1. The van der Waals surface area contributed by atoms with E-state index in [0.717, 1.165) is 4.90 Å². The highest BCUT2D eigenvalue weighted by Gasteiger charge is 2.08. The fraction of sp³-hybridized carbons (Fsp3) is 0.333. The first kappa shape index (κ1) is 16.1. The van der Waals surface area contributed by atoms with Gasteiger partial charge in [-0.3, -0.25) is 9.59 Å². The maximum Gasteiger partial charge on any atom is 0.239 e. The molecule has 0 aliphatic heterocycles. The minimum Gasteiger partial charge on any atom is -0.355 e. The zero-order chi connectivity index (χ0) is 14.3. The highest BCUT2D eigenvalue weighted by Crippen LogP contribution is 2.29. The van der Waals surface area contributed by atoms with Crippen LogP contribution in [0.2, 0.25) is 10.0 Å². The SMILES string of the molecule is CCNC(=O)CNC(=O)CSc1cc(Cl)ccc1Cl. The number of likely N-dealkylation sites (N-methyl/N-ethyl adjacent to an activating group) is 1. The van der Waals surface area contributed by atoms with Crippen molar-refractivity contribution in [2.24, 2.45) is 0 Å². The predicted octanol–water partition coefficient (Wildman–Crippen LogP) is 2.34. The van der Waals surface area contributed by atoms with Crippen molar-refractivity contribution in [2.75, 3.05) is 18.8 Å². The highest BCUT2D eigenvalue weighted by atomic mass is 35.5. The Morgan fingerprint density at radius 3 is 2.63 bits per heavy atom. The molecular formula is C12H14Cl2N2O2S. The number of halogens is 2. The Labute approximate surface area is 126 Å². The Hall–Kier alpha value is -0.910. The van der Waals surface area contributed by atoms with Crippen molar-refractivity contribution >= 4 is 46.8 Å². The third-order valence-electron chi connectivity index (χ3n) is 2.07. The van der Waals surface area contributed by atoms with E-state index in [1.54, 1.807) is 18.2 Å². The second-order valence-electron chi connectivity index (χ2n) is 3.59. The van der Waals surface area contributed by atoms with Crippen molar-refractivity contribution in [2.45, 2.75) is 11.8 Å². The lowest BCUT2D eigenvalue weighted by atomic mass is 10.4. The van der Waals surface area contributed by atoms with Gasteiger partial charge in [0.1, 0.15) is 0 Å². The maximum absolute atomic E-state index is 11.5. The largest absolute Gasteiger partial charge is 0.355 e. The number of rotatable bonds is 6. The molecule has 0 atom stereocenters. The molecule has 0 radical (unpaired) electrons. The van der Waals surface area contributed by atoms with Crippen LogP contribution in [0.5, 0.6) is 0 Å². The lowest BCUT2D eigenvalue weighted by molar-refractivity contribution is -0.124. The molecule has 0 aromatic heterocycles. The van der Waals surface area contributed by atoms with Gasteiger partial charge in [-0.1, -0.05) is 23.2 Å². The molecule has 0 bridgehead atoms. The van der Waals surface area contributed by atoms with Gasteiger partial charge in [0.15, 0.2) is 0 Å². The average molecular weight is 321 g/mol. The molecule has 1 rings (SSSR count). The summed E-state index contributed by atoms with van der Waals surface area (Å²) >= 11 is 13.1. The Morgan fingerprint density at radius 2 is 1.95 bits per heavy atom. The van der Waals surface area contributed by atoms with Crippen molar-refractivity contribution in [3.05, 3.63) is 28.2 Å². The third kappa shape index (κ3) is 6.18. The van der Waals surface area contributed by atoms with E-state index in [9.17, 15) is 9.59 Å². The molecule has 0 aliphatic carbocycles. The summed E-state index contributed by atoms with van der Waals surface area (Å²) in [7, 11) is 0. The molecule has 0 spiro atoms. The monoisotopic (exact) mass is 320 g/mol. The molecular weight excluding hydrogens is 307 g/mol. The summed E-state index contributed by atoms with van der Waals surface area (Å²) in [5.74, 6) is -0.256. The molecule has 1 aromatic rings. The molecule has 4 nitrogen and oxygen atoms in total. The average Bonchev–Trinajstić information content (AvgIpc) is 2.38. The molecule has 2 N–H and O–H groups in total. The van der Waals surface area contributed by atoms with Gasteiger partial charge in [0.05, 0.1) is 17.3 Å². The number of carbonyl (C=O) groups excluding carboxylic acids is 2. The standard InChI is InChI=1S/C12H14Cl2N2O2S/c1-2-15-11(17)6-16-12(18)7-19-10-5-8(13)3-4-9(10)14/h3-5H,2,6-7H2,1H3,(H,15,17)(H,16,18). The predicted molar refractivity (Wildman–Crippen MR) is 78.9 cm³/mol. The number of hydrogen-bond donors (Lipinski definition) is 2. The Morgan fingerprint density at radius 1 is 1.21 bits per heavy atom. The molecule has 19 heavy (non-hydrogen) atoms. The van der Waals surface area contributed by atoms with E-state index in [1.807, 2.05) is 6.92 Å². The van der Waals surface area contributed by atoms with Crippen molar-refractivity contribution in [1.82, 2.24) is 10.6 Å². The van der Waals surface area contributed by atoms with Crippen LogP contribution in [0.1, 0.15) is 6.92 Å². The van der Waals surface area contributed by atoms with E-state index in [4.69, 9.17) is 23.2 Å². The Bertz CT molecular complexity index is 469. The van der Waals surface area contributed by atoms with Crippen LogP contribution >= 0.6 is 35.0 Å². The quantitative estimate of drug-likeness (QED) is 0.791. The smallest absolute Gasteiger partial charge is 0.239 e. The van der Waals surface area contributed by atoms with Crippen LogP contribution in [-0.4, -0.2) is 30.7 Å². The number of carbonyl (C=O) groups is 2. The maximum atomic E-state index is 11.5. The molecule has 0 heterocycles. The van der Waals surface area contributed by atoms with Crippen molar-refractivity contribution < 1.29 is 9.59 Å². The van der Waals surface area contributed by atoms with E-state index in [0.29, 0.717) is 16.6 Å². The molecule has 0 saturated heterocycles. The summed E-state index contributed by atoms with van der Waals surface area (Å²) in [5, 5.41) is 6.23. The molecule has 104 valence electrons. The van der Waals surface area contributed by atoms with Crippen molar-refractivity contribution in [3.8, 4) is 0 Å². The number of benzene rings is 1. The molecule has 1 aromatic carbocycles. The second kappa shape index (κ2) is 8.30. The summed E-state index contributed by atoms with van der Waals surface area (Å²) in [6.07, 6.45) is 0. The number of amides is 2. The van der Waals surface area contributed by atoms with Gasteiger partial charge in [-0.15, -0.1) is 11.8 Å². The summed E-state index contributed by atoms with van der Waals surface area (Å²) in [4.78, 5) is 23.4. The van der Waals surface area contributed by atoms with Gasteiger partial charge in [0.2, 0.25) is 11.8 Å². The van der Waals surface area contributed by atoms with E-state index >= 15 is 0 Å². The zero-order valence-electron chi connectivity index (χ0n) is 10.3. The minimum absolute atomic E-state index is 0.0173. The van der Waals surface area contributed by atoms with Gasteiger partial charge in [-0.2, -0.15) is 0 Å². The summed E-state index contributed by atoms with van der Waals surface area (Å²) in [6.45, 7) is 2.34. The fourth-order valence-electron chi connectivity index (χ4n) is 1.22. The van der Waals surface area contributed by atoms with Gasteiger partial charge < -0.3 is 10.6 Å². The molecule has 0 fully saturated rings. The topological polar surface area (TPSA) is 58.2 Å². The van der Waals surface area contributed by atoms with Crippen LogP contribution in [-0.2, 0) is 9.59 Å².